The third-order valence-electron chi connectivity index (χ3n) is 4.81. The lowest BCUT2D eigenvalue weighted by molar-refractivity contribution is 0.0271. The maximum atomic E-state index is 12.6. The van der Waals surface area contributed by atoms with E-state index >= 15 is 0 Å². The summed E-state index contributed by atoms with van der Waals surface area (Å²) in [6.45, 7) is 9.31. The Morgan fingerprint density at radius 2 is 2.07 bits per heavy atom. The molecule has 3 rings (SSSR count). The van der Waals surface area contributed by atoms with E-state index in [9.17, 15) is 9.59 Å². The average molecular weight is 456 g/mol. The molecule has 2 aromatic heterocycles. The summed E-state index contributed by atoms with van der Waals surface area (Å²) in [5.41, 5.74) is 1.30. The number of aryl methyl sites for hydroxylation is 2. The lowest BCUT2D eigenvalue weighted by Crippen LogP contribution is -2.55. The highest BCUT2D eigenvalue weighted by molar-refractivity contribution is 7.17. The maximum absolute atomic E-state index is 12.6. The summed E-state index contributed by atoms with van der Waals surface area (Å²) in [5, 5.41) is 4.03. The Balaban J connectivity index is 1.70. The molecule has 1 amide bonds. The molecule has 0 spiro atoms. The van der Waals surface area contributed by atoms with E-state index in [1.54, 1.807) is 20.8 Å². The molecule has 3 heterocycles. The van der Waals surface area contributed by atoms with Crippen molar-refractivity contribution >= 4 is 39.9 Å². The molecular weight excluding hydrogens is 430 g/mol. The van der Waals surface area contributed by atoms with Crippen molar-refractivity contribution in [1.82, 2.24) is 20.3 Å². The SMILES string of the molecule is CCOC(=O)c1sc(N2CCC(NC(=O)c3nc(Cl)c(C)[nH]3)C(OCC)C2)nc1C. The van der Waals surface area contributed by atoms with Crippen molar-refractivity contribution in [2.75, 3.05) is 31.2 Å². The van der Waals surface area contributed by atoms with Gasteiger partial charge in [-0.05, 0) is 34.1 Å². The number of H-pyrrole nitrogens is 1. The van der Waals surface area contributed by atoms with Crippen LogP contribution >= 0.6 is 22.9 Å². The van der Waals surface area contributed by atoms with Crippen LogP contribution in [0.3, 0.4) is 0 Å². The van der Waals surface area contributed by atoms with Gasteiger partial charge in [-0.25, -0.2) is 14.8 Å². The van der Waals surface area contributed by atoms with Crippen molar-refractivity contribution in [3.63, 3.8) is 0 Å². The number of thiazole rings is 1. The van der Waals surface area contributed by atoms with Crippen LogP contribution in [0.5, 0.6) is 0 Å². The van der Waals surface area contributed by atoms with Crippen LogP contribution < -0.4 is 10.2 Å². The highest BCUT2D eigenvalue weighted by atomic mass is 35.5. The number of ether oxygens (including phenoxy) is 2. The number of halogens is 1. The number of imidazole rings is 1. The van der Waals surface area contributed by atoms with Crippen molar-refractivity contribution in [1.29, 1.82) is 0 Å². The van der Waals surface area contributed by atoms with Crippen molar-refractivity contribution in [2.24, 2.45) is 0 Å². The first kappa shape index (κ1) is 22.5. The number of carbonyl (C=O) groups excluding carboxylic acids is 2. The summed E-state index contributed by atoms with van der Waals surface area (Å²) >= 11 is 7.26. The third kappa shape index (κ3) is 4.93. The molecule has 2 aromatic rings. The molecule has 30 heavy (non-hydrogen) atoms. The number of nitrogens with one attached hydrogen (secondary N) is 2. The fourth-order valence-electron chi connectivity index (χ4n) is 3.33. The Morgan fingerprint density at radius 1 is 1.30 bits per heavy atom. The van der Waals surface area contributed by atoms with Gasteiger partial charge >= 0.3 is 5.97 Å². The van der Waals surface area contributed by atoms with E-state index in [1.807, 2.05) is 6.92 Å². The van der Waals surface area contributed by atoms with Gasteiger partial charge in [0.2, 0.25) is 0 Å². The third-order valence-corrected chi connectivity index (χ3v) is 6.38. The molecule has 0 radical (unpaired) electrons. The molecule has 0 aliphatic carbocycles. The highest BCUT2D eigenvalue weighted by Gasteiger charge is 2.33. The molecule has 1 aliphatic rings. The number of esters is 1. The lowest BCUT2D eigenvalue weighted by Gasteiger charge is -2.38. The molecule has 0 aromatic carbocycles. The van der Waals surface area contributed by atoms with E-state index in [0.717, 1.165) is 5.13 Å². The summed E-state index contributed by atoms with van der Waals surface area (Å²) in [4.78, 5) is 38.7. The maximum Gasteiger partial charge on any atom is 0.350 e. The molecule has 2 atom stereocenters. The Labute approximate surface area is 184 Å². The zero-order chi connectivity index (χ0) is 21.8. The molecule has 1 aliphatic heterocycles. The molecule has 0 bridgehead atoms. The van der Waals surface area contributed by atoms with Crippen LogP contribution in [-0.2, 0) is 9.47 Å². The Morgan fingerprint density at radius 3 is 2.70 bits per heavy atom. The molecule has 164 valence electrons. The van der Waals surface area contributed by atoms with Crippen molar-refractivity contribution in [3.05, 3.63) is 27.2 Å². The zero-order valence-electron chi connectivity index (χ0n) is 17.5. The number of hydrogen-bond donors (Lipinski definition) is 2. The van der Waals surface area contributed by atoms with Crippen LogP contribution in [0.15, 0.2) is 0 Å². The fourth-order valence-corrected chi connectivity index (χ4v) is 4.45. The Bertz CT molecular complexity index is 895. The van der Waals surface area contributed by atoms with E-state index in [2.05, 4.69) is 25.2 Å². The van der Waals surface area contributed by atoms with Crippen LogP contribution in [0.4, 0.5) is 5.13 Å². The number of nitrogens with zero attached hydrogens (tertiary/aromatic N) is 3. The van der Waals surface area contributed by atoms with Gasteiger partial charge in [0.05, 0.1) is 30.1 Å². The standard InChI is InChI=1S/C19H26ClN5O4S/c1-5-28-13-9-25(19-22-10(3)14(30-19)18(27)29-6-2)8-7-12(13)23-17(26)16-21-11(4)15(20)24-16/h12-13H,5-9H2,1-4H3,(H,21,24)(H,23,26). The highest BCUT2D eigenvalue weighted by Crippen LogP contribution is 2.29. The summed E-state index contributed by atoms with van der Waals surface area (Å²) in [5.74, 6) is -0.484. The number of hydrogen-bond acceptors (Lipinski definition) is 8. The average Bonchev–Trinajstić information content (AvgIpc) is 3.26. The van der Waals surface area contributed by atoms with Gasteiger partial charge in [0.15, 0.2) is 16.1 Å². The molecule has 1 saturated heterocycles. The van der Waals surface area contributed by atoms with Crippen LogP contribution in [0.2, 0.25) is 5.15 Å². The first-order valence-corrected chi connectivity index (χ1v) is 11.1. The first-order valence-electron chi connectivity index (χ1n) is 9.88. The number of rotatable bonds is 7. The fraction of sp³-hybridized carbons (Fsp3) is 0.579. The van der Waals surface area contributed by atoms with Gasteiger partial charge in [-0.2, -0.15) is 0 Å². The topological polar surface area (TPSA) is 109 Å². The van der Waals surface area contributed by atoms with Gasteiger partial charge in [0, 0.05) is 19.7 Å². The molecule has 11 heteroatoms. The lowest BCUT2D eigenvalue weighted by atomic mass is 10.0. The second-order valence-corrected chi connectivity index (χ2v) is 8.28. The first-order chi connectivity index (χ1) is 14.3. The summed E-state index contributed by atoms with van der Waals surface area (Å²) in [7, 11) is 0. The van der Waals surface area contributed by atoms with Crippen LogP contribution in [0.25, 0.3) is 0 Å². The largest absolute Gasteiger partial charge is 0.462 e. The summed E-state index contributed by atoms with van der Waals surface area (Å²) < 4.78 is 11.0. The molecule has 0 saturated carbocycles. The predicted octanol–water partition coefficient (Wildman–Crippen LogP) is 2.73. The van der Waals surface area contributed by atoms with Crippen LogP contribution in [0.1, 0.15) is 51.9 Å². The normalized spacial score (nSPS) is 19.0. The van der Waals surface area contributed by atoms with Gasteiger partial charge < -0.3 is 24.7 Å². The monoisotopic (exact) mass is 455 g/mol. The quantitative estimate of drug-likeness (QED) is 0.617. The summed E-state index contributed by atoms with van der Waals surface area (Å²) in [6, 6.07) is -0.177. The van der Waals surface area contributed by atoms with Crippen molar-refractivity contribution in [2.45, 2.75) is 46.3 Å². The van der Waals surface area contributed by atoms with Crippen molar-refractivity contribution < 1.29 is 19.1 Å². The Kier molecular flexibility index (Phi) is 7.32. The van der Waals surface area contributed by atoms with E-state index in [4.69, 9.17) is 21.1 Å². The number of anilines is 1. The Hall–Kier alpha value is -2.17. The molecule has 9 nitrogen and oxygen atoms in total. The smallest absolute Gasteiger partial charge is 0.350 e. The minimum atomic E-state index is -0.352. The van der Waals surface area contributed by atoms with Gasteiger partial charge in [-0.15, -0.1) is 0 Å². The second kappa shape index (κ2) is 9.76. The number of aromatic amines is 1. The van der Waals surface area contributed by atoms with Crippen LogP contribution in [0, 0.1) is 13.8 Å². The zero-order valence-corrected chi connectivity index (χ0v) is 19.0. The van der Waals surface area contributed by atoms with Gasteiger partial charge in [-0.1, -0.05) is 22.9 Å². The predicted molar refractivity (Wildman–Crippen MR) is 115 cm³/mol. The van der Waals surface area contributed by atoms with Crippen LogP contribution in [-0.4, -0.2) is 65.3 Å². The van der Waals surface area contributed by atoms with E-state index in [-0.39, 0.29) is 35.0 Å². The molecule has 2 N–H and O–H groups in total. The minimum absolute atomic E-state index is 0.177. The second-order valence-electron chi connectivity index (χ2n) is 6.94. The number of amides is 1. The molecular formula is C19H26ClN5O4S. The number of aromatic nitrogens is 3. The van der Waals surface area contributed by atoms with E-state index < -0.39 is 0 Å². The summed E-state index contributed by atoms with van der Waals surface area (Å²) in [6.07, 6.45) is 0.437. The molecule has 1 fully saturated rings. The van der Waals surface area contributed by atoms with Gasteiger partial charge in [0.25, 0.3) is 5.91 Å². The van der Waals surface area contributed by atoms with Crippen molar-refractivity contribution in [3.8, 4) is 0 Å². The van der Waals surface area contributed by atoms with Gasteiger partial charge in [0.1, 0.15) is 4.88 Å². The minimum Gasteiger partial charge on any atom is -0.462 e. The van der Waals surface area contributed by atoms with Gasteiger partial charge in [-0.3, -0.25) is 4.79 Å². The van der Waals surface area contributed by atoms with E-state index in [1.165, 1.54) is 11.3 Å². The molecule has 2 unspecified atom stereocenters. The number of piperidine rings is 1. The van der Waals surface area contributed by atoms with E-state index in [0.29, 0.717) is 49.0 Å². The number of carbonyl (C=O) groups is 2.